The summed E-state index contributed by atoms with van der Waals surface area (Å²) >= 11 is 0. The Morgan fingerprint density at radius 3 is 2.56 bits per heavy atom. The van der Waals surface area contributed by atoms with E-state index in [1.54, 1.807) is 22.8 Å². The van der Waals surface area contributed by atoms with E-state index in [2.05, 4.69) is 20.1 Å². The van der Waals surface area contributed by atoms with Gasteiger partial charge in [0, 0.05) is 30.5 Å². The molecule has 0 unspecified atom stereocenters. The number of imidazole rings is 1. The monoisotopic (exact) mass is 387 g/mol. The summed E-state index contributed by atoms with van der Waals surface area (Å²) in [5, 5.41) is 8.14. The minimum Gasteiger partial charge on any atom is -0.381 e. The zero-order valence-electron chi connectivity index (χ0n) is 14.9. The maximum Gasteiger partial charge on any atom is 0.229 e. The molecular formula is C18H21N5O3S. The second-order valence-corrected chi connectivity index (χ2v) is 8.36. The van der Waals surface area contributed by atoms with Crippen molar-refractivity contribution in [3.05, 3.63) is 42.6 Å². The van der Waals surface area contributed by atoms with Gasteiger partial charge in [0.05, 0.1) is 18.1 Å². The van der Waals surface area contributed by atoms with Crippen molar-refractivity contribution in [2.24, 2.45) is 0 Å². The number of aromatic nitrogens is 3. The summed E-state index contributed by atoms with van der Waals surface area (Å²) in [6.45, 7) is 1.54. The Balaban J connectivity index is 1.60. The highest BCUT2D eigenvalue weighted by molar-refractivity contribution is 7.92. The van der Waals surface area contributed by atoms with Gasteiger partial charge in [0.25, 0.3) is 0 Å². The number of nitrogens with zero attached hydrogens (tertiary/aromatic N) is 3. The maximum atomic E-state index is 11.3. The lowest BCUT2D eigenvalue weighted by Crippen LogP contribution is -2.28. The van der Waals surface area contributed by atoms with Gasteiger partial charge in [-0.05, 0) is 37.1 Å². The molecule has 9 heteroatoms. The second-order valence-electron chi connectivity index (χ2n) is 6.61. The molecule has 0 amide bonds. The second kappa shape index (κ2) is 7.16. The third kappa shape index (κ3) is 4.20. The topological polar surface area (TPSA) is 97.6 Å². The van der Waals surface area contributed by atoms with Crippen LogP contribution in [0.3, 0.4) is 0 Å². The summed E-state index contributed by atoms with van der Waals surface area (Å²) < 4.78 is 32.3. The number of ether oxygens (including phenoxy) is 1. The molecule has 0 aliphatic carbocycles. The molecule has 2 aromatic heterocycles. The Bertz CT molecular complexity index is 1040. The molecule has 3 heterocycles. The highest BCUT2D eigenvalue weighted by Crippen LogP contribution is 2.23. The molecule has 1 saturated heterocycles. The van der Waals surface area contributed by atoms with Crippen LogP contribution in [0.1, 0.15) is 12.8 Å². The number of benzene rings is 1. The first kappa shape index (κ1) is 17.7. The van der Waals surface area contributed by atoms with Crippen molar-refractivity contribution in [2.75, 3.05) is 29.5 Å². The van der Waals surface area contributed by atoms with E-state index >= 15 is 0 Å². The quantitative estimate of drug-likeness (QED) is 0.697. The van der Waals surface area contributed by atoms with Crippen LogP contribution in [0.15, 0.2) is 42.6 Å². The summed E-state index contributed by atoms with van der Waals surface area (Å²) in [7, 11) is -3.30. The Hall–Kier alpha value is -2.65. The zero-order chi connectivity index (χ0) is 18.9. The number of hydrogen-bond donors (Lipinski definition) is 2. The van der Waals surface area contributed by atoms with Gasteiger partial charge in [-0.15, -0.1) is 5.10 Å². The van der Waals surface area contributed by atoms with Crippen LogP contribution >= 0.6 is 0 Å². The van der Waals surface area contributed by atoms with Crippen LogP contribution < -0.4 is 10.0 Å². The fourth-order valence-electron chi connectivity index (χ4n) is 3.12. The van der Waals surface area contributed by atoms with E-state index in [0.717, 1.165) is 55.0 Å². The van der Waals surface area contributed by atoms with Gasteiger partial charge >= 0.3 is 0 Å². The molecule has 27 heavy (non-hydrogen) atoms. The van der Waals surface area contributed by atoms with Gasteiger partial charge in [-0.3, -0.25) is 4.72 Å². The van der Waals surface area contributed by atoms with Crippen LogP contribution in [-0.4, -0.2) is 48.5 Å². The number of rotatable bonds is 5. The van der Waals surface area contributed by atoms with Gasteiger partial charge in [-0.1, -0.05) is 12.1 Å². The highest BCUT2D eigenvalue weighted by atomic mass is 32.2. The molecule has 8 nitrogen and oxygen atoms in total. The first-order chi connectivity index (χ1) is 13.0. The predicted molar refractivity (Wildman–Crippen MR) is 104 cm³/mol. The Morgan fingerprint density at radius 1 is 1.11 bits per heavy atom. The number of anilines is 2. The molecule has 0 bridgehead atoms. The van der Waals surface area contributed by atoms with E-state index in [9.17, 15) is 8.42 Å². The summed E-state index contributed by atoms with van der Waals surface area (Å²) in [4.78, 5) is 4.41. The average molecular weight is 387 g/mol. The molecule has 3 aromatic rings. The molecule has 0 spiro atoms. The van der Waals surface area contributed by atoms with Crippen LogP contribution in [0.25, 0.3) is 16.9 Å². The van der Waals surface area contributed by atoms with Crippen molar-refractivity contribution >= 4 is 27.2 Å². The van der Waals surface area contributed by atoms with Crippen LogP contribution in [-0.2, 0) is 14.8 Å². The third-order valence-corrected chi connectivity index (χ3v) is 5.03. The van der Waals surface area contributed by atoms with Crippen LogP contribution in [0.4, 0.5) is 11.5 Å². The van der Waals surface area contributed by atoms with Crippen LogP contribution in [0.2, 0.25) is 0 Å². The molecule has 1 fully saturated rings. The minimum atomic E-state index is -3.30. The van der Waals surface area contributed by atoms with E-state index in [1.807, 2.05) is 24.3 Å². The molecule has 2 N–H and O–H groups in total. The lowest BCUT2D eigenvalue weighted by atomic mass is 10.1. The smallest absolute Gasteiger partial charge is 0.229 e. The molecule has 0 saturated carbocycles. The SMILES string of the molecule is CS(=O)(=O)Nc1ccc(-c2cnc3ccc(NC4CCOCC4)nn23)cc1. The fourth-order valence-corrected chi connectivity index (χ4v) is 3.69. The van der Waals surface area contributed by atoms with E-state index in [-0.39, 0.29) is 0 Å². The van der Waals surface area contributed by atoms with Gasteiger partial charge in [0.2, 0.25) is 10.0 Å². The van der Waals surface area contributed by atoms with Gasteiger partial charge in [-0.25, -0.2) is 17.9 Å². The van der Waals surface area contributed by atoms with Crippen molar-refractivity contribution < 1.29 is 13.2 Å². The number of sulfonamides is 1. The lowest BCUT2D eigenvalue weighted by Gasteiger charge is -2.23. The summed E-state index contributed by atoms with van der Waals surface area (Å²) in [5.41, 5.74) is 3.01. The average Bonchev–Trinajstić information content (AvgIpc) is 3.05. The van der Waals surface area contributed by atoms with Gasteiger partial charge < -0.3 is 10.1 Å². The molecule has 1 aromatic carbocycles. The molecule has 1 aliphatic rings. The molecular weight excluding hydrogens is 366 g/mol. The Kier molecular flexibility index (Phi) is 4.71. The summed E-state index contributed by atoms with van der Waals surface area (Å²) in [6.07, 6.45) is 4.82. The highest BCUT2D eigenvalue weighted by Gasteiger charge is 2.15. The zero-order valence-corrected chi connectivity index (χ0v) is 15.7. The van der Waals surface area contributed by atoms with E-state index < -0.39 is 10.0 Å². The van der Waals surface area contributed by atoms with Crippen molar-refractivity contribution in [3.63, 3.8) is 0 Å². The number of nitrogens with one attached hydrogen (secondary N) is 2. The normalized spacial score (nSPS) is 15.7. The third-order valence-electron chi connectivity index (χ3n) is 4.42. The number of hydrogen-bond acceptors (Lipinski definition) is 6. The summed E-state index contributed by atoms with van der Waals surface area (Å²) in [6, 6.07) is 11.4. The molecule has 0 atom stereocenters. The van der Waals surface area contributed by atoms with Crippen molar-refractivity contribution in [3.8, 4) is 11.3 Å². The first-order valence-electron chi connectivity index (χ1n) is 8.75. The summed E-state index contributed by atoms with van der Waals surface area (Å²) in [5.74, 6) is 0.795. The fraction of sp³-hybridized carbons (Fsp3) is 0.333. The predicted octanol–water partition coefficient (Wildman–Crippen LogP) is 2.36. The molecule has 4 rings (SSSR count). The van der Waals surface area contributed by atoms with Crippen molar-refractivity contribution in [2.45, 2.75) is 18.9 Å². The van der Waals surface area contributed by atoms with E-state index in [4.69, 9.17) is 4.74 Å². The van der Waals surface area contributed by atoms with Crippen LogP contribution in [0.5, 0.6) is 0 Å². The molecule has 142 valence electrons. The van der Waals surface area contributed by atoms with Crippen molar-refractivity contribution in [1.29, 1.82) is 0 Å². The van der Waals surface area contributed by atoms with Gasteiger partial charge in [-0.2, -0.15) is 0 Å². The van der Waals surface area contributed by atoms with Gasteiger partial charge in [0.15, 0.2) is 5.65 Å². The van der Waals surface area contributed by atoms with E-state index in [1.165, 1.54) is 0 Å². The Labute approximate surface area is 157 Å². The largest absolute Gasteiger partial charge is 0.381 e. The van der Waals surface area contributed by atoms with Crippen molar-refractivity contribution in [1.82, 2.24) is 14.6 Å². The minimum absolute atomic E-state index is 0.358. The maximum absolute atomic E-state index is 11.3. The Morgan fingerprint density at radius 2 is 1.85 bits per heavy atom. The standard InChI is InChI=1S/C18H21N5O3S/c1-27(24,25)22-15-4-2-13(3-5-15)16-12-19-18-7-6-17(21-23(16)18)20-14-8-10-26-11-9-14/h2-7,12,14,22H,8-11H2,1H3,(H,20,21). The lowest BCUT2D eigenvalue weighted by molar-refractivity contribution is 0.0903. The van der Waals surface area contributed by atoms with Gasteiger partial charge in [0.1, 0.15) is 5.82 Å². The van der Waals surface area contributed by atoms with E-state index in [0.29, 0.717) is 11.7 Å². The first-order valence-corrected chi connectivity index (χ1v) is 10.6. The molecule has 1 aliphatic heterocycles. The number of fused-ring (bicyclic) bond motifs is 1. The molecule has 0 radical (unpaired) electrons. The van der Waals surface area contributed by atoms with Crippen LogP contribution in [0, 0.1) is 0 Å².